The van der Waals surface area contributed by atoms with Gasteiger partial charge in [0.1, 0.15) is 17.6 Å². The third-order valence-electron chi connectivity index (χ3n) is 5.77. The van der Waals surface area contributed by atoms with E-state index in [1.54, 1.807) is 24.3 Å². The molecule has 0 bridgehead atoms. The number of furan rings is 1. The molecule has 8 heteroatoms. The van der Waals surface area contributed by atoms with Crippen molar-refractivity contribution in [1.82, 2.24) is 4.90 Å². The molecule has 1 aromatic heterocycles. The summed E-state index contributed by atoms with van der Waals surface area (Å²) in [5, 5.41) is 13.6. The molecule has 1 aliphatic heterocycles. The Kier molecular flexibility index (Phi) is 7.99. The minimum Gasteiger partial charge on any atom is -0.872 e. The number of ether oxygens (including phenoxy) is 1. The summed E-state index contributed by atoms with van der Waals surface area (Å²) in [6, 6.07) is 7.11. The van der Waals surface area contributed by atoms with Gasteiger partial charge in [0.05, 0.1) is 37.5 Å². The predicted octanol–water partition coefficient (Wildman–Crippen LogP) is 1.87. The van der Waals surface area contributed by atoms with E-state index in [0.717, 1.165) is 19.6 Å². The average molecular weight is 461 g/mol. The fourth-order valence-corrected chi connectivity index (χ4v) is 4.25. The van der Waals surface area contributed by atoms with Crippen molar-refractivity contribution in [3.63, 3.8) is 0 Å². The summed E-state index contributed by atoms with van der Waals surface area (Å²) in [7, 11) is 0. The van der Waals surface area contributed by atoms with Gasteiger partial charge in [-0.15, -0.1) is 0 Å². The lowest BCUT2D eigenvalue weighted by atomic mass is 9.99. The number of likely N-dealkylation sites (tertiary alicyclic amines) is 1. The number of rotatable bonds is 10. The molecule has 0 aliphatic carbocycles. The van der Waals surface area contributed by atoms with E-state index in [0.29, 0.717) is 31.1 Å². The lowest BCUT2D eigenvalue weighted by Crippen LogP contribution is -3.11. The lowest BCUT2D eigenvalue weighted by molar-refractivity contribution is -0.896. The van der Waals surface area contributed by atoms with Gasteiger partial charge in [0.25, 0.3) is 5.91 Å². The van der Waals surface area contributed by atoms with Crippen molar-refractivity contribution in [2.24, 2.45) is 0 Å². The second kappa shape index (κ2) is 10.7. The van der Waals surface area contributed by atoms with Crippen LogP contribution in [-0.2, 0) is 9.59 Å². The number of hydrogen-bond acceptors (Lipinski definition) is 5. The number of hydrogen-bond donors (Lipinski definition) is 1. The zero-order chi connectivity index (χ0) is 23.3. The van der Waals surface area contributed by atoms with Crippen LogP contribution in [0.15, 0.2) is 46.6 Å². The van der Waals surface area contributed by atoms with Crippen LogP contribution in [0.25, 0.3) is 5.76 Å². The Balaban J connectivity index is 1.97. The Morgan fingerprint density at radius 3 is 2.56 bits per heavy atom. The van der Waals surface area contributed by atoms with Crippen molar-refractivity contribution in [1.29, 1.82) is 0 Å². The first kappa shape index (κ1) is 23.9. The zero-order valence-corrected chi connectivity index (χ0v) is 19.4. The lowest BCUT2D eigenvalue weighted by Gasteiger charge is -2.26. The molecule has 1 saturated heterocycles. The van der Waals surface area contributed by atoms with E-state index in [4.69, 9.17) is 20.8 Å². The van der Waals surface area contributed by atoms with Crippen molar-refractivity contribution >= 4 is 29.1 Å². The molecule has 0 spiro atoms. The number of halogens is 1. The summed E-state index contributed by atoms with van der Waals surface area (Å²) in [6.07, 6.45) is 2.18. The topological polar surface area (TPSA) is 87.2 Å². The number of nitrogens with one attached hydrogen (secondary N) is 1. The Bertz CT molecular complexity index is 982. The van der Waals surface area contributed by atoms with Crippen LogP contribution in [0.3, 0.4) is 0 Å². The van der Waals surface area contributed by atoms with Crippen LogP contribution in [0.4, 0.5) is 0 Å². The second-order valence-electron chi connectivity index (χ2n) is 7.63. The van der Waals surface area contributed by atoms with Crippen molar-refractivity contribution in [3.8, 4) is 5.75 Å². The van der Waals surface area contributed by atoms with Crippen LogP contribution in [-0.4, -0.2) is 49.4 Å². The first-order valence-corrected chi connectivity index (χ1v) is 11.4. The third kappa shape index (κ3) is 4.84. The number of amides is 1. The Labute approximate surface area is 193 Å². The van der Waals surface area contributed by atoms with E-state index in [2.05, 4.69) is 13.8 Å². The fourth-order valence-electron chi connectivity index (χ4n) is 4.02. The van der Waals surface area contributed by atoms with Gasteiger partial charge in [-0.1, -0.05) is 23.4 Å². The molecule has 1 atom stereocenters. The highest BCUT2D eigenvalue weighted by atomic mass is 35.5. The Morgan fingerprint density at radius 1 is 1.22 bits per heavy atom. The molecule has 1 aromatic carbocycles. The summed E-state index contributed by atoms with van der Waals surface area (Å²) in [4.78, 5) is 28.7. The number of carbonyl (C=O) groups is 2. The SMILES string of the molecule is CCOc1ccc(C([O-])=C2C(=O)C(=O)N(CCC[NH+](CC)CC)C2c2ccco2)cc1Cl. The number of ketones is 1. The van der Waals surface area contributed by atoms with E-state index >= 15 is 0 Å². The number of benzene rings is 1. The van der Waals surface area contributed by atoms with Crippen molar-refractivity contribution in [2.45, 2.75) is 33.2 Å². The number of nitrogens with zero attached hydrogens (tertiary/aromatic N) is 1. The Morgan fingerprint density at radius 2 is 1.97 bits per heavy atom. The van der Waals surface area contributed by atoms with Gasteiger partial charge in [0.2, 0.25) is 5.78 Å². The highest BCUT2D eigenvalue weighted by Gasteiger charge is 2.45. The quantitative estimate of drug-likeness (QED) is 0.332. The molecule has 1 fully saturated rings. The molecule has 3 rings (SSSR count). The molecule has 2 aromatic rings. The van der Waals surface area contributed by atoms with E-state index < -0.39 is 23.5 Å². The summed E-state index contributed by atoms with van der Waals surface area (Å²) in [5.74, 6) is -1.17. The van der Waals surface area contributed by atoms with Crippen molar-refractivity contribution in [3.05, 3.63) is 58.5 Å². The fraction of sp³-hybridized carbons (Fsp3) is 0.417. The van der Waals surface area contributed by atoms with Crippen LogP contribution < -0.4 is 14.7 Å². The monoisotopic (exact) mass is 460 g/mol. The van der Waals surface area contributed by atoms with Crippen LogP contribution in [0.2, 0.25) is 5.02 Å². The highest BCUT2D eigenvalue weighted by molar-refractivity contribution is 6.46. The van der Waals surface area contributed by atoms with Gasteiger partial charge in [-0.2, -0.15) is 0 Å². The molecule has 0 saturated carbocycles. The summed E-state index contributed by atoms with van der Waals surface area (Å²) < 4.78 is 11.0. The van der Waals surface area contributed by atoms with Crippen molar-refractivity contribution < 1.29 is 28.7 Å². The standard InChI is InChI=1S/C24H29ClN2O5/c1-4-26(5-2)12-8-13-27-21(19-9-7-14-32-19)20(23(29)24(27)30)22(28)16-10-11-18(31-6-3)17(25)15-16/h7,9-11,14-15,21,28H,4-6,8,12-13H2,1-3H3. The number of carbonyl (C=O) groups excluding carboxylic acids is 2. The highest BCUT2D eigenvalue weighted by Crippen LogP contribution is 2.39. The van der Waals surface area contributed by atoms with Gasteiger partial charge in [-0.25, -0.2) is 0 Å². The van der Waals surface area contributed by atoms with Gasteiger partial charge in [-0.05, 0) is 50.6 Å². The van der Waals surface area contributed by atoms with Crippen LogP contribution in [0, 0.1) is 0 Å². The first-order valence-electron chi connectivity index (χ1n) is 11.0. The van der Waals surface area contributed by atoms with Gasteiger partial charge < -0.3 is 24.1 Å². The molecular weight excluding hydrogens is 432 g/mol. The van der Waals surface area contributed by atoms with E-state index in [1.165, 1.54) is 22.1 Å². The largest absolute Gasteiger partial charge is 0.872 e. The first-order chi connectivity index (χ1) is 15.4. The van der Waals surface area contributed by atoms with Crippen LogP contribution >= 0.6 is 11.6 Å². The predicted molar refractivity (Wildman–Crippen MR) is 119 cm³/mol. The van der Waals surface area contributed by atoms with Gasteiger partial charge in [0.15, 0.2) is 0 Å². The normalized spacial score (nSPS) is 18.0. The van der Waals surface area contributed by atoms with Gasteiger partial charge in [-0.3, -0.25) is 9.59 Å². The maximum atomic E-state index is 13.4. The van der Waals surface area contributed by atoms with Gasteiger partial charge in [0, 0.05) is 18.5 Å². The molecule has 1 aliphatic rings. The van der Waals surface area contributed by atoms with Crippen LogP contribution in [0.1, 0.15) is 44.6 Å². The molecule has 0 radical (unpaired) electrons. The molecule has 32 heavy (non-hydrogen) atoms. The summed E-state index contributed by atoms with van der Waals surface area (Å²) in [5.41, 5.74) is 0.112. The van der Waals surface area contributed by atoms with E-state index in [1.807, 2.05) is 6.92 Å². The number of quaternary nitrogens is 1. The smallest absolute Gasteiger partial charge is 0.295 e. The molecule has 1 amide bonds. The maximum Gasteiger partial charge on any atom is 0.295 e. The average Bonchev–Trinajstić information content (AvgIpc) is 3.40. The molecule has 1 unspecified atom stereocenters. The zero-order valence-electron chi connectivity index (χ0n) is 18.7. The van der Waals surface area contributed by atoms with Crippen LogP contribution in [0.5, 0.6) is 5.75 Å². The molecular formula is C24H29ClN2O5. The van der Waals surface area contributed by atoms with Gasteiger partial charge >= 0.3 is 0 Å². The minimum absolute atomic E-state index is 0.111. The second-order valence-corrected chi connectivity index (χ2v) is 8.03. The third-order valence-corrected chi connectivity index (χ3v) is 6.06. The molecule has 7 nitrogen and oxygen atoms in total. The summed E-state index contributed by atoms with van der Waals surface area (Å²) >= 11 is 6.24. The number of Topliss-reactive ketones (excluding diaryl/α,β-unsaturated/α-hetero) is 1. The maximum absolute atomic E-state index is 13.4. The Hall–Kier alpha value is -2.77. The van der Waals surface area contributed by atoms with E-state index in [9.17, 15) is 14.7 Å². The molecule has 172 valence electrons. The van der Waals surface area contributed by atoms with Crippen molar-refractivity contribution in [2.75, 3.05) is 32.8 Å². The van der Waals surface area contributed by atoms with E-state index in [-0.39, 0.29) is 16.2 Å². The molecule has 1 N–H and O–H groups in total. The summed E-state index contributed by atoms with van der Waals surface area (Å²) in [6.45, 7) is 9.69. The minimum atomic E-state index is -0.852. The molecule has 2 heterocycles.